The zero-order chi connectivity index (χ0) is 31.9. The first-order valence-corrected chi connectivity index (χ1v) is 16.7. The van der Waals surface area contributed by atoms with Crippen LogP contribution in [0.4, 0.5) is 17.6 Å². The summed E-state index contributed by atoms with van der Waals surface area (Å²) in [5.41, 5.74) is -1.90. The van der Waals surface area contributed by atoms with Gasteiger partial charge >= 0.3 is 25.6 Å². The Bertz CT molecular complexity index is 1910. The van der Waals surface area contributed by atoms with Gasteiger partial charge in [0.2, 0.25) is 11.9 Å². The third-order valence-corrected chi connectivity index (χ3v) is 9.84. The van der Waals surface area contributed by atoms with Gasteiger partial charge in [-0.05, 0) is 70.6 Å². The second-order valence-corrected chi connectivity index (χ2v) is 14.2. The Labute approximate surface area is 260 Å². The summed E-state index contributed by atoms with van der Waals surface area (Å²) >= 11 is 12.3. The Morgan fingerprint density at radius 2 is 1.43 bits per heavy atom. The molecule has 7 nitrogen and oxygen atoms in total. The van der Waals surface area contributed by atoms with Gasteiger partial charge in [-0.15, -0.1) is 0 Å². The van der Waals surface area contributed by atoms with Crippen molar-refractivity contribution in [2.45, 2.75) is 17.8 Å². The Balaban J connectivity index is 1.67. The van der Waals surface area contributed by atoms with E-state index in [0.29, 0.717) is 30.9 Å². The SMILES string of the molecule is O=S(=O)(CF)Oc1cc(C2=CCN(S(=O)(=O)C(F)(F)F)CC2)c2cc(C(c3ccc(Cl)cc3)c3ccc(Cl)cc3)ccc2n1. The lowest BCUT2D eigenvalue weighted by Crippen LogP contribution is -2.42. The maximum Gasteiger partial charge on any atom is 0.511 e. The van der Waals surface area contributed by atoms with Crippen LogP contribution in [0, 0.1) is 0 Å². The van der Waals surface area contributed by atoms with Crippen LogP contribution in [0.1, 0.15) is 34.6 Å². The number of sulfonamides is 1. The fraction of sp³-hybridized carbons (Fsp3) is 0.207. The van der Waals surface area contributed by atoms with E-state index in [0.717, 1.165) is 16.7 Å². The first-order valence-electron chi connectivity index (χ1n) is 12.9. The van der Waals surface area contributed by atoms with Gasteiger partial charge in [-0.2, -0.15) is 25.9 Å². The highest BCUT2D eigenvalue weighted by atomic mass is 35.5. The highest BCUT2D eigenvalue weighted by Gasteiger charge is 2.50. The number of nitrogens with zero attached hydrogens (tertiary/aromatic N) is 2. The van der Waals surface area contributed by atoms with Crippen molar-refractivity contribution >= 4 is 59.8 Å². The van der Waals surface area contributed by atoms with E-state index in [9.17, 15) is 34.4 Å². The third kappa shape index (κ3) is 6.71. The van der Waals surface area contributed by atoms with Crippen LogP contribution >= 0.6 is 23.2 Å². The number of alkyl halides is 4. The highest BCUT2D eigenvalue weighted by molar-refractivity contribution is 7.90. The topological polar surface area (TPSA) is 93.6 Å². The molecule has 5 rings (SSSR count). The summed E-state index contributed by atoms with van der Waals surface area (Å²) < 4.78 is 105. The van der Waals surface area contributed by atoms with E-state index in [1.807, 2.05) is 24.3 Å². The molecule has 0 unspecified atom stereocenters. The molecule has 44 heavy (non-hydrogen) atoms. The Morgan fingerprint density at radius 3 is 1.93 bits per heavy atom. The Kier molecular flexibility index (Phi) is 8.98. The molecule has 3 aromatic carbocycles. The van der Waals surface area contributed by atoms with Gasteiger partial charge in [-0.25, -0.2) is 17.8 Å². The average molecular weight is 690 g/mol. The van der Waals surface area contributed by atoms with E-state index in [1.165, 1.54) is 12.1 Å². The fourth-order valence-corrected chi connectivity index (χ4v) is 6.54. The van der Waals surface area contributed by atoms with Crippen LogP contribution in [0.25, 0.3) is 16.5 Å². The van der Waals surface area contributed by atoms with Gasteiger partial charge in [-0.1, -0.05) is 59.6 Å². The van der Waals surface area contributed by atoms with Crippen molar-refractivity contribution in [3.63, 3.8) is 0 Å². The summed E-state index contributed by atoms with van der Waals surface area (Å²) in [4.78, 5) is 4.23. The second kappa shape index (κ2) is 12.3. The number of fused-ring (bicyclic) bond motifs is 1. The molecule has 0 saturated heterocycles. The summed E-state index contributed by atoms with van der Waals surface area (Å²) in [6.07, 6.45) is 1.18. The summed E-state index contributed by atoms with van der Waals surface area (Å²) in [7, 11) is -10.2. The number of aromatic nitrogens is 1. The van der Waals surface area contributed by atoms with Crippen molar-refractivity contribution in [3.8, 4) is 5.88 Å². The molecule has 0 fully saturated rings. The summed E-state index contributed by atoms with van der Waals surface area (Å²) in [5, 5.41) is 1.56. The van der Waals surface area contributed by atoms with Crippen molar-refractivity contribution in [2.24, 2.45) is 0 Å². The zero-order valence-electron chi connectivity index (χ0n) is 22.4. The van der Waals surface area contributed by atoms with Gasteiger partial charge in [0.05, 0.1) is 5.52 Å². The first kappa shape index (κ1) is 32.2. The molecule has 4 aromatic rings. The van der Waals surface area contributed by atoms with Gasteiger partial charge in [0.15, 0.2) is 0 Å². The summed E-state index contributed by atoms with van der Waals surface area (Å²) in [5.74, 6) is -0.784. The van der Waals surface area contributed by atoms with E-state index in [2.05, 4.69) is 4.98 Å². The molecule has 0 amide bonds. The summed E-state index contributed by atoms with van der Waals surface area (Å²) in [6.45, 7) is -1.05. The highest BCUT2D eigenvalue weighted by Crippen LogP contribution is 2.39. The number of hydrogen-bond acceptors (Lipinski definition) is 6. The lowest BCUT2D eigenvalue weighted by Gasteiger charge is -2.27. The van der Waals surface area contributed by atoms with Crippen molar-refractivity contribution in [1.29, 1.82) is 0 Å². The number of benzene rings is 3. The molecule has 0 radical (unpaired) electrons. The number of pyridine rings is 1. The van der Waals surface area contributed by atoms with Crippen LogP contribution < -0.4 is 4.18 Å². The number of halogens is 6. The molecule has 0 aliphatic carbocycles. The molecule has 2 heterocycles. The van der Waals surface area contributed by atoms with E-state index < -0.39 is 50.6 Å². The fourth-order valence-electron chi connectivity index (χ4n) is 5.01. The van der Waals surface area contributed by atoms with Gasteiger partial charge in [0.25, 0.3) is 0 Å². The minimum atomic E-state index is -5.56. The molecule has 1 aromatic heterocycles. The Hall–Kier alpha value is -3.23. The lowest BCUT2D eigenvalue weighted by molar-refractivity contribution is -0.0486. The molecule has 232 valence electrons. The van der Waals surface area contributed by atoms with Crippen molar-refractivity contribution < 1.29 is 38.6 Å². The zero-order valence-corrected chi connectivity index (χ0v) is 25.6. The van der Waals surface area contributed by atoms with E-state index in [4.69, 9.17) is 27.4 Å². The molecule has 0 N–H and O–H groups in total. The van der Waals surface area contributed by atoms with Gasteiger partial charge in [0, 0.05) is 40.5 Å². The van der Waals surface area contributed by atoms with Gasteiger partial charge < -0.3 is 4.18 Å². The van der Waals surface area contributed by atoms with Gasteiger partial charge in [0.1, 0.15) is 0 Å². The molecule has 0 spiro atoms. The van der Waals surface area contributed by atoms with E-state index in [1.54, 1.807) is 42.5 Å². The third-order valence-electron chi connectivity index (χ3n) is 7.05. The molecule has 1 aliphatic heterocycles. The average Bonchev–Trinajstić information content (AvgIpc) is 2.98. The minimum absolute atomic E-state index is 0.133. The smallest absolute Gasteiger partial charge is 0.360 e. The van der Waals surface area contributed by atoms with Crippen LogP contribution in [0.5, 0.6) is 5.88 Å². The van der Waals surface area contributed by atoms with Crippen LogP contribution in [-0.2, 0) is 20.1 Å². The molecule has 15 heteroatoms. The lowest BCUT2D eigenvalue weighted by atomic mass is 9.84. The minimum Gasteiger partial charge on any atom is -0.360 e. The first-order chi connectivity index (χ1) is 20.7. The van der Waals surface area contributed by atoms with Gasteiger partial charge in [-0.3, -0.25) is 0 Å². The Morgan fingerprint density at radius 1 is 0.864 bits per heavy atom. The van der Waals surface area contributed by atoms with E-state index in [-0.39, 0.29) is 17.9 Å². The maximum atomic E-state index is 13.2. The quantitative estimate of drug-likeness (QED) is 0.110. The van der Waals surface area contributed by atoms with Crippen molar-refractivity contribution in [2.75, 3.05) is 19.1 Å². The standard InChI is InChI=1S/C29H22Cl2F4N2O5S2/c30-22-6-1-19(2-7-22)28(20-3-8-23(31)9-4-20)21-5-10-26-25(15-21)24(16-27(36-26)42-43(38,39)17-32)18-11-13-37(14-12-18)44(40,41)29(33,34)35/h1-11,15-16,28H,12-14,17H2. The predicted molar refractivity (Wildman–Crippen MR) is 160 cm³/mol. The van der Waals surface area contributed by atoms with E-state index >= 15 is 0 Å². The van der Waals surface area contributed by atoms with Crippen LogP contribution in [0.15, 0.2) is 78.9 Å². The molecule has 1 aliphatic rings. The van der Waals surface area contributed by atoms with Crippen LogP contribution in [0.2, 0.25) is 10.0 Å². The normalized spacial score (nSPS) is 15.0. The molecule has 0 bridgehead atoms. The van der Waals surface area contributed by atoms with Crippen LogP contribution in [-0.4, -0.2) is 50.7 Å². The van der Waals surface area contributed by atoms with Crippen LogP contribution in [0.3, 0.4) is 0 Å². The molecular formula is C29H22Cl2F4N2O5S2. The second-order valence-electron chi connectivity index (χ2n) is 9.86. The number of rotatable bonds is 8. The molecule has 0 atom stereocenters. The number of hydrogen-bond donors (Lipinski definition) is 0. The van der Waals surface area contributed by atoms with Crippen molar-refractivity contribution in [1.82, 2.24) is 9.29 Å². The molecule has 0 saturated carbocycles. The molecular weight excluding hydrogens is 667 g/mol. The largest absolute Gasteiger partial charge is 0.511 e. The summed E-state index contributed by atoms with van der Waals surface area (Å²) in [6, 6.07) is 19.1. The maximum absolute atomic E-state index is 13.2. The van der Waals surface area contributed by atoms with Crippen molar-refractivity contribution in [3.05, 3.63) is 111 Å². The monoisotopic (exact) mass is 688 g/mol. The predicted octanol–water partition coefficient (Wildman–Crippen LogP) is 7.30.